The summed E-state index contributed by atoms with van der Waals surface area (Å²) >= 11 is 5.92. The van der Waals surface area contributed by atoms with Gasteiger partial charge in [-0.15, -0.1) is 0 Å². The number of aromatic nitrogens is 2. The van der Waals surface area contributed by atoms with E-state index in [2.05, 4.69) is 16.9 Å². The number of hydrogen-bond donors (Lipinski definition) is 0. The van der Waals surface area contributed by atoms with Crippen LogP contribution in [0.4, 0.5) is 5.82 Å². The quantitative estimate of drug-likeness (QED) is 0.765. The number of carbonyl (C=O) groups excluding carboxylic acids is 1. The van der Waals surface area contributed by atoms with Gasteiger partial charge in [-0.05, 0) is 13.3 Å². The van der Waals surface area contributed by atoms with E-state index in [4.69, 9.17) is 11.6 Å². The highest BCUT2D eigenvalue weighted by Gasteiger charge is 2.14. The van der Waals surface area contributed by atoms with Gasteiger partial charge in [0.05, 0.1) is 6.54 Å². The summed E-state index contributed by atoms with van der Waals surface area (Å²) in [5.74, 6) is 1.34. The summed E-state index contributed by atoms with van der Waals surface area (Å²) in [6.07, 6.45) is 0.932. The van der Waals surface area contributed by atoms with Crippen LogP contribution in [0.15, 0.2) is 6.07 Å². The van der Waals surface area contributed by atoms with Gasteiger partial charge in [-0.2, -0.15) is 0 Å². The Hall–Kier alpha value is -1.36. The molecule has 100 valence electrons. The maximum absolute atomic E-state index is 11.8. The van der Waals surface area contributed by atoms with Gasteiger partial charge in [-0.25, -0.2) is 9.97 Å². The van der Waals surface area contributed by atoms with Crippen LogP contribution in [0.25, 0.3) is 0 Å². The van der Waals surface area contributed by atoms with Crippen molar-refractivity contribution in [3.8, 4) is 0 Å². The molecule has 0 unspecified atom stereocenters. The highest BCUT2D eigenvalue weighted by Crippen LogP contribution is 2.16. The summed E-state index contributed by atoms with van der Waals surface area (Å²) in [5, 5.41) is 0.399. The molecule has 0 N–H and O–H groups in total. The third-order valence-electron chi connectivity index (χ3n) is 2.44. The van der Waals surface area contributed by atoms with Gasteiger partial charge in [-0.3, -0.25) is 4.79 Å². The van der Waals surface area contributed by atoms with Crippen molar-refractivity contribution in [1.29, 1.82) is 0 Å². The molecule has 1 heterocycles. The summed E-state index contributed by atoms with van der Waals surface area (Å²) in [6, 6.07) is 1.69. The van der Waals surface area contributed by atoms with Gasteiger partial charge >= 0.3 is 0 Å². The lowest BCUT2D eigenvalue weighted by molar-refractivity contribution is -0.127. The van der Waals surface area contributed by atoms with Gasteiger partial charge in [0.15, 0.2) is 0 Å². The maximum atomic E-state index is 11.8. The van der Waals surface area contributed by atoms with E-state index >= 15 is 0 Å². The van der Waals surface area contributed by atoms with Crippen molar-refractivity contribution in [3.63, 3.8) is 0 Å². The largest absolute Gasteiger partial charge is 0.347 e. The molecular formula is C12H19ClN4O. The number of carbonyl (C=O) groups is 1. The lowest BCUT2D eigenvalue weighted by Gasteiger charge is -2.24. The zero-order chi connectivity index (χ0) is 13.7. The number of nitrogens with zero attached hydrogens (tertiary/aromatic N) is 4. The predicted molar refractivity (Wildman–Crippen MR) is 73.0 cm³/mol. The van der Waals surface area contributed by atoms with Crippen molar-refractivity contribution in [2.45, 2.75) is 20.3 Å². The van der Waals surface area contributed by atoms with Gasteiger partial charge < -0.3 is 9.80 Å². The molecule has 0 saturated carbocycles. The molecule has 5 nitrogen and oxygen atoms in total. The fourth-order valence-corrected chi connectivity index (χ4v) is 1.75. The molecule has 18 heavy (non-hydrogen) atoms. The lowest BCUT2D eigenvalue weighted by atomic mass is 10.3. The molecule has 6 heteroatoms. The molecule has 0 aromatic carbocycles. The molecule has 0 radical (unpaired) electrons. The average molecular weight is 271 g/mol. The standard InChI is InChI=1S/C12H19ClN4O/c1-5-6-17(8-12(18)16(3)4)11-7-10(13)14-9(2)15-11/h7H,5-6,8H2,1-4H3. The van der Waals surface area contributed by atoms with E-state index in [0.29, 0.717) is 23.3 Å². The summed E-state index contributed by atoms with van der Waals surface area (Å²) < 4.78 is 0. The van der Waals surface area contributed by atoms with Crippen molar-refractivity contribution in [3.05, 3.63) is 17.0 Å². The molecule has 0 fully saturated rings. The first kappa shape index (κ1) is 14.7. The van der Waals surface area contributed by atoms with E-state index in [0.717, 1.165) is 13.0 Å². The van der Waals surface area contributed by atoms with Crippen molar-refractivity contribution in [2.24, 2.45) is 0 Å². The van der Waals surface area contributed by atoms with Crippen LogP contribution < -0.4 is 4.90 Å². The molecule has 1 aromatic rings. The Morgan fingerprint density at radius 3 is 2.56 bits per heavy atom. The van der Waals surface area contributed by atoms with Gasteiger partial charge in [0, 0.05) is 26.7 Å². The van der Waals surface area contributed by atoms with Crippen LogP contribution in [0.2, 0.25) is 5.15 Å². The lowest BCUT2D eigenvalue weighted by Crippen LogP contribution is -2.37. The normalized spacial score (nSPS) is 10.3. The predicted octanol–water partition coefficient (Wildman–Crippen LogP) is 1.74. The number of anilines is 1. The van der Waals surface area contributed by atoms with Crippen LogP contribution in [0.1, 0.15) is 19.2 Å². The van der Waals surface area contributed by atoms with Crippen molar-refractivity contribution in [1.82, 2.24) is 14.9 Å². The molecule has 1 amide bonds. The van der Waals surface area contributed by atoms with E-state index in [1.807, 2.05) is 4.90 Å². The number of likely N-dealkylation sites (N-methyl/N-ethyl adjacent to an activating group) is 1. The second-order valence-corrected chi connectivity index (χ2v) is 4.69. The molecule has 0 atom stereocenters. The third kappa shape index (κ3) is 4.14. The molecule has 1 rings (SSSR count). The van der Waals surface area contributed by atoms with E-state index in [-0.39, 0.29) is 5.91 Å². The first-order valence-corrected chi connectivity index (χ1v) is 6.28. The van der Waals surface area contributed by atoms with Crippen LogP contribution >= 0.6 is 11.6 Å². The Balaban J connectivity index is 2.93. The number of aryl methyl sites for hydroxylation is 1. The first-order chi connectivity index (χ1) is 8.43. The molecular weight excluding hydrogens is 252 g/mol. The Morgan fingerprint density at radius 2 is 2.06 bits per heavy atom. The topological polar surface area (TPSA) is 49.3 Å². The summed E-state index contributed by atoms with van der Waals surface area (Å²) in [6.45, 7) is 4.90. The zero-order valence-electron chi connectivity index (χ0n) is 11.3. The van der Waals surface area contributed by atoms with Crippen LogP contribution in [-0.2, 0) is 4.79 Å². The van der Waals surface area contributed by atoms with Crippen molar-refractivity contribution < 1.29 is 4.79 Å². The number of amides is 1. The second kappa shape index (κ2) is 6.54. The molecule has 0 saturated heterocycles. The number of hydrogen-bond acceptors (Lipinski definition) is 4. The van der Waals surface area contributed by atoms with Crippen molar-refractivity contribution >= 4 is 23.3 Å². The van der Waals surface area contributed by atoms with Gasteiger partial charge in [0.2, 0.25) is 5.91 Å². The molecule has 0 aliphatic heterocycles. The van der Waals surface area contributed by atoms with E-state index in [1.165, 1.54) is 0 Å². The van der Waals surface area contributed by atoms with E-state index in [9.17, 15) is 4.79 Å². The summed E-state index contributed by atoms with van der Waals surface area (Å²) in [4.78, 5) is 23.6. The van der Waals surface area contributed by atoms with Gasteiger partial charge in [-0.1, -0.05) is 18.5 Å². The Kier molecular flexibility index (Phi) is 5.34. The third-order valence-corrected chi connectivity index (χ3v) is 2.63. The van der Waals surface area contributed by atoms with E-state index in [1.54, 1.807) is 32.0 Å². The average Bonchev–Trinajstić information content (AvgIpc) is 2.26. The minimum absolute atomic E-state index is 0.0378. The Bertz CT molecular complexity index is 402. The Labute approximate surface area is 113 Å². The summed E-state index contributed by atoms with van der Waals surface area (Å²) in [5.41, 5.74) is 0. The van der Waals surface area contributed by atoms with Gasteiger partial charge in [0.1, 0.15) is 16.8 Å². The first-order valence-electron chi connectivity index (χ1n) is 5.90. The summed E-state index contributed by atoms with van der Waals surface area (Å²) in [7, 11) is 3.48. The monoisotopic (exact) mass is 270 g/mol. The molecule has 1 aromatic heterocycles. The minimum Gasteiger partial charge on any atom is -0.347 e. The zero-order valence-corrected chi connectivity index (χ0v) is 12.0. The van der Waals surface area contributed by atoms with Crippen LogP contribution in [0, 0.1) is 6.92 Å². The SMILES string of the molecule is CCCN(CC(=O)N(C)C)c1cc(Cl)nc(C)n1. The molecule has 0 aliphatic carbocycles. The van der Waals surface area contributed by atoms with Gasteiger partial charge in [0.25, 0.3) is 0 Å². The molecule has 0 spiro atoms. The maximum Gasteiger partial charge on any atom is 0.241 e. The smallest absolute Gasteiger partial charge is 0.241 e. The van der Waals surface area contributed by atoms with Crippen LogP contribution in [0.5, 0.6) is 0 Å². The molecule has 0 bridgehead atoms. The number of halogens is 1. The Morgan fingerprint density at radius 1 is 1.39 bits per heavy atom. The fourth-order valence-electron chi connectivity index (χ4n) is 1.53. The second-order valence-electron chi connectivity index (χ2n) is 4.31. The van der Waals surface area contributed by atoms with Crippen molar-refractivity contribution in [2.75, 3.05) is 32.1 Å². The highest BCUT2D eigenvalue weighted by atomic mass is 35.5. The molecule has 0 aliphatic rings. The van der Waals surface area contributed by atoms with E-state index < -0.39 is 0 Å². The number of rotatable bonds is 5. The highest BCUT2D eigenvalue weighted by molar-refractivity contribution is 6.29. The minimum atomic E-state index is 0.0378. The van der Waals surface area contributed by atoms with Crippen LogP contribution in [-0.4, -0.2) is 48.0 Å². The van der Waals surface area contributed by atoms with Crippen LogP contribution in [0.3, 0.4) is 0 Å². The fraction of sp³-hybridized carbons (Fsp3) is 0.583.